The second-order valence-corrected chi connectivity index (χ2v) is 6.37. The van der Waals surface area contributed by atoms with E-state index < -0.39 is 0 Å². The fraction of sp³-hybridized carbons (Fsp3) is 0.364. The molecule has 0 atom stereocenters. The summed E-state index contributed by atoms with van der Waals surface area (Å²) in [6.45, 7) is 6.15. The average Bonchev–Trinajstić information content (AvgIpc) is 2.71. The monoisotopic (exact) mass is 383 g/mol. The molecule has 0 fully saturated rings. The molecule has 2 aromatic rings. The van der Waals surface area contributed by atoms with Crippen LogP contribution in [0.15, 0.2) is 18.2 Å². The Kier molecular flexibility index (Phi) is 7.36. The number of methoxy groups -OCH3 is 2. The highest BCUT2D eigenvalue weighted by molar-refractivity contribution is 6.01. The van der Waals surface area contributed by atoms with Gasteiger partial charge in [-0.15, -0.1) is 0 Å². The highest BCUT2D eigenvalue weighted by Crippen LogP contribution is 2.40. The Morgan fingerprint density at radius 3 is 1.85 bits per heavy atom. The smallest absolute Gasteiger partial charge is 0.341 e. The molecule has 0 aliphatic rings. The highest BCUT2D eigenvalue weighted by Gasteiger charge is 2.20. The molecule has 0 saturated carbocycles. The van der Waals surface area contributed by atoms with E-state index in [1.165, 1.54) is 0 Å². The lowest BCUT2D eigenvalue weighted by Crippen LogP contribution is -2.04. The lowest BCUT2D eigenvalue weighted by molar-refractivity contribution is 0.394. The van der Waals surface area contributed by atoms with Crippen molar-refractivity contribution >= 4 is 22.6 Å². The summed E-state index contributed by atoms with van der Waals surface area (Å²) in [5, 5.41) is 10.7. The molecule has 4 nitrogen and oxygen atoms in total. The third-order valence-electron chi connectivity index (χ3n) is 4.76. The van der Waals surface area contributed by atoms with Gasteiger partial charge in [0.05, 0.1) is 14.2 Å². The van der Waals surface area contributed by atoms with Crippen LogP contribution in [0.1, 0.15) is 48.6 Å². The summed E-state index contributed by atoms with van der Waals surface area (Å²) < 4.78 is 16.2. The standard InChI is InChI=1S/C22H27O4Si/c1-6-17-18(7-2)21(23)19(8-3)22(26-27)20(17)10-9-14-11-15(24-4)13-16(12-14)25-5/h9-13,23H,6-8H2,1-5H3. The first-order valence-corrected chi connectivity index (χ1v) is 9.59. The number of phenolic OH excluding ortho intramolecular Hbond substituents is 1. The number of ether oxygens (including phenoxy) is 2. The molecule has 0 aliphatic heterocycles. The van der Waals surface area contributed by atoms with E-state index in [1.807, 2.05) is 37.3 Å². The van der Waals surface area contributed by atoms with Gasteiger partial charge in [0.1, 0.15) is 23.0 Å². The van der Waals surface area contributed by atoms with Crippen molar-refractivity contribution in [1.82, 2.24) is 0 Å². The Morgan fingerprint density at radius 1 is 0.852 bits per heavy atom. The van der Waals surface area contributed by atoms with Crippen molar-refractivity contribution in [2.24, 2.45) is 0 Å². The van der Waals surface area contributed by atoms with Crippen LogP contribution in [0.5, 0.6) is 23.0 Å². The average molecular weight is 384 g/mol. The molecule has 0 unspecified atom stereocenters. The van der Waals surface area contributed by atoms with Crippen molar-refractivity contribution in [1.29, 1.82) is 0 Å². The maximum Gasteiger partial charge on any atom is 0.341 e. The lowest BCUT2D eigenvalue weighted by Gasteiger charge is -2.20. The summed E-state index contributed by atoms with van der Waals surface area (Å²) in [5.41, 5.74) is 4.80. The van der Waals surface area contributed by atoms with Gasteiger partial charge in [0.25, 0.3) is 0 Å². The van der Waals surface area contributed by atoms with Crippen LogP contribution < -0.4 is 13.9 Å². The maximum absolute atomic E-state index is 10.7. The zero-order valence-electron chi connectivity index (χ0n) is 16.7. The van der Waals surface area contributed by atoms with Gasteiger partial charge < -0.3 is 19.0 Å². The first-order valence-electron chi connectivity index (χ1n) is 9.18. The maximum atomic E-state index is 10.7. The second-order valence-electron chi connectivity index (χ2n) is 6.17. The van der Waals surface area contributed by atoms with E-state index in [0.717, 1.165) is 52.2 Å². The summed E-state index contributed by atoms with van der Waals surface area (Å²) in [5.74, 6) is 2.46. The van der Waals surface area contributed by atoms with E-state index >= 15 is 0 Å². The van der Waals surface area contributed by atoms with Crippen LogP contribution >= 0.6 is 0 Å². The predicted octanol–water partition coefficient (Wildman–Crippen LogP) is 4.73. The van der Waals surface area contributed by atoms with Gasteiger partial charge >= 0.3 is 10.5 Å². The first kappa shape index (κ1) is 20.9. The van der Waals surface area contributed by atoms with Crippen molar-refractivity contribution in [2.75, 3.05) is 14.2 Å². The SMILES string of the molecule is CCc1c(O)c(CC)c(O[Si])c(C=Cc2cc(OC)cc(OC)c2)c1CC. The molecule has 1 N–H and O–H groups in total. The van der Waals surface area contributed by atoms with Gasteiger partial charge in [-0.1, -0.05) is 32.9 Å². The molecule has 0 spiro atoms. The molecule has 0 saturated heterocycles. The van der Waals surface area contributed by atoms with Crippen LogP contribution in [0.2, 0.25) is 0 Å². The Labute approximate surface area is 165 Å². The minimum absolute atomic E-state index is 0.338. The van der Waals surface area contributed by atoms with E-state index in [9.17, 15) is 5.11 Å². The quantitative estimate of drug-likeness (QED) is 0.529. The van der Waals surface area contributed by atoms with E-state index in [0.29, 0.717) is 17.9 Å². The number of phenols is 1. The van der Waals surface area contributed by atoms with E-state index in [4.69, 9.17) is 13.9 Å². The summed E-state index contributed by atoms with van der Waals surface area (Å²) in [6.07, 6.45) is 6.27. The van der Waals surface area contributed by atoms with Gasteiger partial charge in [-0.3, -0.25) is 0 Å². The fourth-order valence-electron chi connectivity index (χ4n) is 3.41. The van der Waals surface area contributed by atoms with Gasteiger partial charge in [0.15, 0.2) is 0 Å². The van der Waals surface area contributed by atoms with Crippen molar-refractivity contribution in [3.63, 3.8) is 0 Å². The highest BCUT2D eigenvalue weighted by atomic mass is 28.2. The molecule has 3 radical (unpaired) electrons. The summed E-state index contributed by atoms with van der Waals surface area (Å²) in [7, 11) is 6.45. The normalized spacial score (nSPS) is 11.0. The molecule has 2 rings (SSSR count). The Balaban J connectivity index is 2.65. The molecular weight excluding hydrogens is 356 g/mol. The topological polar surface area (TPSA) is 47.9 Å². The number of benzene rings is 2. The minimum Gasteiger partial charge on any atom is -0.540 e. The molecule has 2 aromatic carbocycles. The van der Waals surface area contributed by atoms with Gasteiger partial charge in [-0.25, -0.2) is 0 Å². The van der Waals surface area contributed by atoms with Crippen molar-refractivity contribution in [3.05, 3.63) is 46.0 Å². The molecule has 0 amide bonds. The molecule has 0 aromatic heterocycles. The van der Waals surface area contributed by atoms with Crippen LogP contribution in [0.4, 0.5) is 0 Å². The van der Waals surface area contributed by atoms with Crippen LogP contribution in [0.25, 0.3) is 12.2 Å². The van der Waals surface area contributed by atoms with E-state index in [-0.39, 0.29) is 0 Å². The number of hydrogen-bond acceptors (Lipinski definition) is 4. The van der Waals surface area contributed by atoms with Crippen molar-refractivity contribution in [3.8, 4) is 23.0 Å². The molecule has 27 heavy (non-hydrogen) atoms. The first-order chi connectivity index (χ1) is 13.0. The van der Waals surface area contributed by atoms with Gasteiger partial charge in [0, 0.05) is 17.2 Å². The summed E-state index contributed by atoms with van der Waals surface area (Å²) in [4.78, 5) is 0. The van der Waals surface area contributed by atoms with Crippen LogP contribution in [-0.2, 0) is 19.3 Å². The lowest BCUT2D eigenvalue weighted by atomic mass is 9.90. The Hall–Kier alpha value is -2.40. The molecule has 0 bridgehead atoms. The van der Waals surface area contributed by atoms with Crippen molar-refractivity contribution < 1.29 is 19.0 Å². The predicted molar refractivity (Wildman–Crippen MR) is 111 cm³/mol. The zero-order chi connectivity index (χ0) is 20.0. The largest absolute Gasteiger partial charge is 0.540 e. The molecule has 143 valence electrons. The van der Waals surface area contributed by atoms with Crippen LogP contribution in [0.3, 0.4) is 0 Å². The Bertz CT molecular complexity index is 772. The van der Waals surface area contributed by atoms with Gasteiger partial charge in [0.2, 0.25) is 0 Å². The van der Waals surface area contributed by atoms with Crippen LogP contribution in [-0.4, -0.2) is 29.8 Å². The fourth-order valence-corrected chi connectivity index (χ4v) is 3.64. The van der Waals surface area contributed by atoms with Gasteiger partial charge in [-0.2, -0.15) is 0 Å². The van der Waals surface area contributed by atoms with Gasteiger partial charge in [-0.05, 0) is 48.1 Å². The molecule has 0 aliphatic carbocycles. The third kappa shape index (κ3) is 4.30. The molecular formula is C22H27O4Si. The van der Waals surface area contributed by atoms with E-state index in [1.54, 1.807) is 14.2 Å². The third-order valence-corrected chi connectivity index (χ3v) is 4.96. The second kappa shape index (κ2) is 9.51. The number of aromatic hydroxyl groups is 1. The molecule has 0 heterocycles. The van der Waals surface area contributed by atoms with E-state index in [2.05, 4.69) is 24.3 Å². The minimum atomic E-state index is 0.338. The summed E-state index contributed by atoms with van der Waals surface area (Å²) >= 11 is 0. The van der Waals surface area contributed by atoms with Crippen molar-refractivity contribution in [2.45, 2.75) is 40.0 Å². The Morgan fingerprint density at radius 2 is 1.41 bits per heavy atom. The number of rotatable bonds is 8. The zero-order valence-corrected chi connectivity index (χ0v) is 17.7. The number of hydrogen-bond donors (Lipinski definition) is 1. The summed E-state index contributed by atoms with van der Waals surface area (Å²) in [6, 6.07) is 5.73. The van der Waals surface area contributed by atoms with Crippen LogP contribution in [0, 0.1) is 0 Å². The molecule has 5 heteroatoms.